The van der Waals surface area contributed by atoms with Crippen LogP contribution >= 0.6 is 0 Å². The fourth-order valence-electron chi connectivity index (χ4n) is 4.40. The zero-order valence-corrected chi connectivity index (χ0v) is 16.6. The first-order valence-corrected chi connectivity index (χ1v) is 9.13. The second kappa shape index (κ2) is 6.66. The lowest BCUT2D eigenvalue weighted by atomic mass is 9.69. The van der Waals surface area contributed by atoms with E-state index in [2.05, 4.69) is 46.8 Å². The fraction of sp³-hybridized carbons (Fsp3) is 0.714. The topological polar surface area (TPSA) is 36.9 Å². The smallest absolute Gasteiger partial charge is 0.0931 e. The molecule has 4 heteroatoms. The van der Waals surface area contributed by atoms with E-state index in [1.165, 1.54) is 22.3 Å². The first-order chi connectivity index (χ1) is 11.8. The van der Waals surface area contributed by atoms with E-state index in [1.54, 1.807) is 14.2 Å². The second-order valence-electron chi connectivity index (χ2n) is 8.44. The van der Waals surface area contributed by atoms with Gasteiger partial charge in [-0.2, -0.15) is 0 Å². The van der Waals surface area contributed by atoms with Crippen LogP contribution in [0.5, 0.6) is 0 Å². The molecule has 0 spiro atoms. The zero-order chi connectivity index (χ0) is 18.4. The average molecular weight is 348 g/mol. The lowest BCUT2D eigenvalue weighted by molar-refractivity contribution is -0.255. The van der Waals surface area contributed by atoms with Crippen molar-refractivity contribution in [2.45, 2.75) is 52.9 Å². The van der Waals surface area contributed by atoms with E-state index in [0.717, 1.165) is 6.61 Å². The van der Waals surface area contributed by atoms with Gasteiger partial charge in [0.1, 0.15) is 0 Å². The third-order valence-electron chi connectivity index (χ3n) is 6.23. The SMILES string of the molecule is COCC1(C)COC1c1cc(C2OC(C)C2(C)COC)c(C)cc1C. The second-order valence-corrected chi connectivity index (χ2v) is 8.44. The lowest BCUT2D eigenvalue weighted by Gasteiger charge is -2.53. The van der Waals surface area contributed by atoms with E-state index in [9.17, 15) is 0 Å². The normalized spacial score (nSPS) is 37.5. The predicted molar refractivity (Wildman–Crippen MR) is 97.9 cm³/mol. The fourth-order valence-corrected chi connectivity index (χ4v) is 4.40. The average Bonchev–Trinajstić information content (AvgIpc) is 2.55. The van der Waals surface area contributed by atoms with Crippen molar-refractivity contribution in [1.29, 1.82) is 0 Å². The van der Waals surface area contributed by atoms with Crippen LogP contribution in [0.3, 0.4) is 0 Å². The van der Waals surface area contributed by atoms with Gasteiger partial charge < -0.3 is 18.9 Å². The molecule has 0 aliphatic carbocycles. The minimum atomic E-state index is 0.00232. The van der Waals surface area contributed by atoms with Crippen molar-refractivity contribution in [3.8, 4) is 0 Å². The Kier molecular flexibility index (Phi) is 5.02. The molecule has 0 N–H and O–H groups in total. The molecule has 0 saturated carbocycles. The van der Waals surface area contributed by atoms with Crippen molar-refractivity contribution >= 4 is 0 Å². The van der Waals surface area contributed by atoms with Gasteiger partial charge >= 0.3 is 0 Å². The summed E-state index contributed by atoms with van der Waals surface area (Å²) in [5.74, 6) is 0. The Morgan fingerprint density at radius 1 is 1.00 bits per heavy atom. The predicted octanol–water partition coefficient (Wildman–Crippen LogP) is 4.14. The maximum Gasteiger partial charge on any atom is 0.0931 e. The van der Waals surface area contributed by atoms with Crippen molar-refractivity contribution in [3.63, 3.8) is 0 Å². The van der Waals surface area contributed by atoms with Crippen molar-refractivity contribution in [1.82, 2.24) is 0 Å². The molecule has 2 aliphatic heterocycles. The standard InChI is InChI=1S/C21H32O4/c1-13-8-14(2)17(19-21(5,12-23-7)15(3)25-19)9-16(13)18-20(4,10-22-6)11-24-18/h8-9,15,18-19H,10-12H2,1-7H3. The van der Waals surface area contributed by atoms with Crippen LogP contribution in [0, 0.1) is 24.7 Å². The number of aryl methyl sites for hydroxylation is 2. The molecule has 0 amide bonds. The first kappa shape index (κ1) is 18.8. The summed E-state index contributed by atoms with van der Waals surface area (Å²) in [7, 11) is 3.52. The Labute approximate surface area is 151 Å². The molecule has 2 saturated heterocycles. The minimum Gasteiger partial charge on any atom is -0.384 e. The maximum absolute atomic E-state index is 6.15. The molecular weight excluding hydrogens is 316 g/mol. The highest BCUT2D eigenvalue weighted by molar-refractivity contribution is 5.42. The molecule has 1 aromatic carbocycles. The van der Waals surface area contributed by atoms with Crippen LogP contribution in [0.2, 0.25) is 0 Å². The number of methoxy groups -OCH3 is 2. The van der Waals surface area contributed by atoms with Crippen LogP contribution < -0.4 is 0 Å². The van der Waals surface area contributed by atoms with E-state index in [1.807, 2.05) is 0 Å². The summed E-state index contributed by atoms with van der Waals surface area (Å²) in [5, 5.41) is 0. The number of hydrogen-bond acceptors (Lipinski definition) is 4. The molecule has 1 aromatic rings. The third kappa shape index (κ3) is 2.93. The van der Waals surface area contributed by atoms with Crippen molar-refractivity contribution in [3.05, 3.63) is 34.4 Å². The molecule has 5 unspecified atom stereocenters. The van der Waals surface area contributed by atoms with Gasteiger partial charge in [0.2, 0.25) is 0 Å². The molecule has 4 nitrogen and oxygen atoms in total. The summed E-state index contributed by atoms with van der Waals surface area (Å²) in [6.07, 6.45) is 0.342. The van der Waals surface area contributed by atoms with Crippen LogP contribution in [-0.4, -0.2) is 40.1 Å². The summed E-state index contributed by atoms with van der Waals surface area (Å²) in [6, 6.07) is 4.56. The van der Waals surface area contributed by atoms with E-state index in [4.69, 9.17) is 18.9 Å². The monoisotopic (exact) mass is 348 g/mol. The summed E-state index contributed by atoms with van der Waals surface area (Å²) < 4.78 is 23.0. The van der Waals surface area contributed by atoms with Gasteiger partial charge in [-0.05, 0) is 43.0 Å². The molecule has 25 heavy (non-hydrogen) atoms. The van der Waals surface area contributed by atoms with Crippen LogP contribution in [-0.2, 0) is 18.9 Å². The highest BCUT2D eigenvalue weighted by atomic mass is 16.5. The summed E-state index contributed by atoms with van der Waals surface area (Å²) in [6.45, 7) is 13.1. The Bertz CT molecular complexity index is 643. The molecule has 5 atom stereocenters. The van der Waals surface area contributed by atoms with E-state index < -0.39 is 0 Å². The van der Waals surface area contributed by atoms with Gasteiger partial charge in [0, 0.05) is 25.0 Å². The molecule has 3 rings (SSSR count). The molecule has 0 aromatic heterocycles. The van der Waals surface area contributed by atoms with E-state index in [0.29, 0.717) is 13.2 Å². The van der Waals surface area contributed by atoms with Gasteiger partial charge in [0.15, 0.2) is 0 Å². The minimum absolute atomic E-state index is 0.00232. The quantitative estimate of drug-likeness (QED) is 0.774. The van der Waals surface area contributed by atoms with Crippen LogP contribution in [0.25, 0.3) is 0 Å². The Morgan fingerprint density at radius 2 is 1.60 bits per heavy atom. The Hall–Kier alpha value is -0.940. The number of hydrogen-bond donors (Lipinski definition) is 0. The molecule has 2 aliphatic rings. The highest BCUT2D eigenvalue weighted by Gasteiger charge is 2.53. The van der Waals surface area contributed by atoms with Crippen molar-refractivity contribution in [2.75, 3.05) is 34.0 Å². The first-order valence-electron chi connectivity index (χ1n) is 9.13. The molecule has 0 radical (unpaired) electrons. The van der Waals surface area contributed by atoms with Gasteiger partial charge in [-0.25, -0.2) is 0 Å². The lowest BCUT2D eigenvalue weighted by Crippen LogP contribution is -2.53. The van der Waals surface area contributed by atoms with Crippen LogP contribution in [0.15, 0.2) is 12.1 Å². The molecule has 2 fully saturated rings. The van der Waals surface area contributed by atoms with E-state index in [-0.39, 0.29) is 29.1 Å². The maximum atomic E-state index is 6.15. The molecule has 140 valence electrons. The van der Waals surface area contributed by atoms with Crippen molar-refractivity contribution < 1.29 is 18.9 Å². The highest BCUT2D eigenvalue weighted by Crippen LogP contribution is 2.54. The number of benzene rings is 1. The van der Waals surface area contributed by atoms with Gasteiger partial charge in [-0.1, -0.05) is 26.0 Å². The van der Waals surface area contributed by atoms with E-state index >= 15 is 0 Å². The third-order valence-corrected chi connectivity index (χ3v) is 6.23. The molecule has 0 bridgehead atoms. The van der Waals surface area contributed by atoms with Crippen molar-refractivity contribution in [2.24, 2.45) is 10.8 Å². The molecule has 2 heterocycles. The zero-order valence-electron chi connectivity index (χ0n) is 16.6. The number of ether oxygens (including phenoxy) is 4. The Balaban J connectivity index is 1.95. The van der Waals surface area contributed by atoms with Crippen LogP contribution in [0.1, 0.15) is 55.2 Å². The van der Waals surface area contributed by atoms with Gasteiger partial charge in [0.25, 0.3) is 0 Å². The number of rotatable bonds is 6. The largest absolute Gasteiger partial charge is 0.384 e. The molecular formula is C21H32O4. The summed E-state index contributed by atoms with van der Waals surface area (Å²) in [5.41, 5.74) is 5.10. The van der Waals surface area contributed by atoms with Gasteiger partial charge in [-0.3, -0.25) is 0 Å². The van der Waals surface area contributed by atoms with Gasteiger partial charge in [-0.15, -0.1) is 0 Å². The van der Waals surface area contributed by atoms with Gasteiger partial charge in [0.05, 0.1) is 38.1 Å². The summed E-state index contributed by atoms with van der Waals surface area (Å²) in [4.78, 5) is 0. The van der Waals surface area contributed by atoms with Crippen LogP contribution in [0.4, 0.5) is 0 Å². The Morgan fingerprint density at radius 3 is 2.08 bits per heavy atom. The summed E-state index contributed by atoms with van der Waals surface area (Å²) >= 11 is 0.